The number of nitrogens with one attached hydrogen (secondary N) is 1. The molecule has 0 aliphatic carbocycles. The van der Waals surface area contributed by atoms with Gasteiger partial charge in [-0.2, -0.15) is 4.31 Å². The molecule has 132 valence electrons. The minimum Gasteiger partial charge on any atom is -0.325 e. The lowest BCUT2D eigenvalue weighted by Crippen LogP contribution is -2.49. The average molecular weight is 423 g/mol. The predicted molar refractivity (Wildman–Crippen MR) is 101 cm³/mol. The van der Waals surface area contributed by atoms with Crippen LogP contribution in [0.3, 0.4) is 0 Å². The molecule has 0 aromatic heterocycles. The molecule has 3 rings (SSSR count). The van der Waals surface area contributed by atoms with Crippen LogP contribution in [0.15, 0.2) is 64.0 Å². The second-order valence-electron chi connectivity index (χ2n) is 5.94. The number of hydrogen-bond donors (Lipinski definition) is 1. The van der Waals surface area contributed by atoms with E-state index in [9.17, 15) is 13.2 Å². The van der Waals surface area contributed by atoms with Crippen molar-refractivity contribution in [2.24, 2.45) is 0 Å². The summed E-state index contributed by atoms with van der Waals surface area (Å²) >= 11 is 3.35. The molecule has 1 aliphatic heterocycles. The van der Waals surface area contributed by atoms with Crippen molar-refractivity contribution in [2.45, 2.75) is 30.2 Å². The summed E-state index contributed by atoms with van der Waals surface area (Å²) in [6, 6.07) is 14.8. The molecule has 1 aliphatic rings. The van der Waals surface area contributed by atoms with Gasteiger partial charge in [-0.25, -0.2) is 8.42 Å². The highest BCUT2D eigenvalue weighted by Gasteiger charge is 2.37. The molecule has 0 spiro atoms. The first-order valence-corrected chi connectivity index (χ1v) is 10.3. The van der Waals surface area contributed by atoms with Gasteiger partial charge in [0.05, 0.1) is 4.90 Å². The highest BCUT2D eigenvalue weighted by molar-refractivity contribution is 9.10. The molecule has 1 amide bonds. The van der Waals surface area contributed by atoms with E-state index in [0.717, 1.165) is 17.3 Å². The van der Waals surface area contributed by atoms with Crippen molar-refractivity contribution in [3.63, 3.8) is 0 Å². The SMILES string of the molecule is O=C(Nc1ccc(Br)cc1)[C@@H]1CCCCN1S(=O)(=O)c1ccccc1. The Hall–Kier alpha value is -1.70. The summed E-state index contributed by atoms with van der Waals surface area (Å²) in [5.74, 6) is -0.290. The van der Waals surface area contributed by atoms with Gasteiger partial charge < -0.3 is 5.32 Å². The maximum absolute atomic E-state index is 12.9. The second kappa shape index (κ2) is 7.68. The Bertz CT molecular complexity index is 838. The number of hydrogen-bond acceptors (Lipinski definition) is 3. The molecule has 0 saturated carbocycles. The number of nitrogens with zero attached hydrogens (tertiary/aromatic N) is 1. The van der Waals surface area contributed by atoms with E-state index >= 15 is 0 Å². The summed E-state index contributed by atoms with van der Waals surface area (Å²) < 4.78 is 28.1. The standard InChI is InChI=1S/C18H19BrN2O3S/c19-14-9-11-15(12-10-14)20-18(22)17-8-4-5-13-21(17)25(23,24)16-6-2-1-3-7-16/h1-3,6-7,9-12,17H,4-5,8,13H2,(H,20,22)/t17-/m0/s1. The average Bonchev–Trinajstić information content (AvgIpc) is 2.64. The van der Waals surface area contributed by atoms with E-state index in [0.29, 0.717) is 18.7 Å². The summed E-state index contributed by atoms with van der Waals surface area (Å²) in [7, 11) is -3.69. The number of carbonyl (C=O) groups excluding carboxylic acids is 1. The van der Waals surface area contributed by atoms with Crippen molar-refractivity contribution in [1.82, 2.24) is 4.31 Å². The van der Waals surface area contributed by atoms with Gasteiger partial charge in [-0.1, -0.05) is 40.5 Å². The van der Waals surface area contributed by atoms with E-state index in [1.807, 2.05) is 12.1 Å². The lowest BCUT2D eigenvalue weighted by Gasteiger charge is -2.33. The number of anilines is 1. The fourth-order valence-electron chi connectivity index (χ4n) is 2.94. The summed E-state index contributed by atoms with van der Waals surface area (Å²) in [6.45, 7) is 0.357. The smallest absolute Gasteiger partial charge is 0.243 e. The van der Waals surface area contributed by atoms with Crippen LogP contribution in [-0.4, -0.2) is 31.2 Å². The van der Waals surface area contributed by atoms with Crippen LogP contribution in [0.1, 0.15) is 19.3 Å². The number of halogens is 1. The van der Waals surface area contributed by atoms with Crippen LogP contribution in [0.4, 0.5) is 5.69 Å². The Morgan fingerprint density at radius 2 is 1.72 bits per heavy atom. The Kier molecular flexibility index (Phi) is 5.56. The topological polar surface area (TPSA) is 66.5 Å². The molecule has 1 N–H and O–H groups in total. The van der Waals surface area contributed by atoms with Crippen LogP contribution in [0, 0.1) is 0 Å². The molecule has 0 bridgehead atoms. The molecule has 5 nitrogen and oxygen atoms in total. The van der Waals surface area contributed by atoms with Crippen molar-refractivity contribution in [3.8, 4) is 0 Å². The zero-order valence-electron chi connectivity index (χ0n) is 13.6. The normalized spacial score (nSPS) is 18.7. The van der Waals surface area contributed by atoms with Gasteiger partial charge in [0.15, 0.2) is 0 Å². The van der Waals surface area contributed by atoms with Crippen LogP contribution in [0.2, 0.25) is 0 Å². The number of benzene rings is 2. The third-order valence-corrected chi connectivity index (χ3v) is 6.67. The molecule has 1 saturated heterocycles. The Morgan fingerprint density at radius 1 is 1.04 bits per heavy atom. The van der Waals surface area contributed by atoms with E-state index in [1.54, 1.807) is 42.5 Å². The second-order valence-corrected chi connectivity index (χ2v) is 8.74. The van der Waals surface area contributed by atoms with Crippen LogP contribution in [0.5, 0.6) is 0 Å². The predicted octanol–water partition coefficient (Wildman–Crippen LogP) is 3.63. The first-order chi connectivity index (χ1) is 12.0. The number of amides is 1. The number of sulfonamides is 1. The van der Waals surface area contributed by atoms with Gasteiger partial charge >= 0.3 is 0 Å². The maximum atomic E-state index is 12.9. The summed E-state index contributed by atoms with van der Waals surface area (Å²) in [5, 5.41) is 2.83. The molecule has 25 heavy (non-hydrogen) atoms. The summed E-state index contributed by atoms with van der Waals surface area (Å²) in [4.78, 5) is 12.9. The van der Waals surface area contributed by atoms with Crippen molar-refractivity contribution >= 4 is 37.5 Å². The van der Waals surface area contributed by atoms with Gasteiger partial charge in [0, 0.05) is 16.7 Å². The van der Waals surface area contributed by atoms with Crippen LogP contribution in [0.25, 0.3) is 0 Å². The summed E-state index contributed by atoms with van der Waals surface area (Å²) in [6.07, 6.45) is 2.11. The van der Waals surface area contributed by atoms with Crippen LogP contribution < -0.4 is 5.32 Å². The van der Waals surface area contributed by atoms with E-state index in [4.69, 9.17) is 0 Å². The molecule has 2 aromatic rings. The molecule has 0 unspecified atom stereocenters. The van der Waals surface area contributed by atoms with Crippen molar-refractivity contribution < 1.29 is 13.2 Å². The van der Waals surface area contributed by atoms with Gasteiger partial charge in [-0.05, 0) is 49.2 Å². The molecule has 7 heteroatoms. The van der Waals surface area contributed by atoms with Gasteiger partial charge in [-0.3, -0.25) is 4.79 Å². The quantitative estimate of drug-likeness (QED) is 0.817. The van der Waals surface area contributed by atoms with Crippen molar-refractivity contribution in [3.05, 3.63) is 59.1 Å². The number of piperidine rings is 1. The largest absolute Gasteiger partial charge is 0.325 e. The molecule has 1 fully saturated rings. The minimum atomic E-state index is -3.69. The Balaban J connectivity index is 1.83. The lowest BCUT2D eigenvalue weighted by molar-refractivity contribution is -0.120. The maximum Gasteiger partial charge on any atom is 0.243 e. The minimum absolute atomic E-state index is 0.221. The molecule has 1 atom stereocenters. The van der Waals surface area contributed by atoms with Gasteiger partial charge in [0.25, 0.3) is 0 Å². The van der Waals surface area contributed by atoms with Crippen molar-refractivity contribution in [2.75, 3.05) is 11.9 Å². The van der Waals surface area contributed by atoms with E-state index in [1.165, 1.54) is 4.31 Å². The highest BCUT2D eigenvalue weighted by Crippen LogP contribution is 2.26. The van der Waals surface area contributed by atoms with Gasteiger partial charge in [-0.15, -0.1) is 0 Å². The molecular formula is C18H19BrN2O3S. The Morgan fingerprint density at radius 3 is 2.40 bits per heavy atom. The van der Waals surface area contributed by atoms with Crippen molar-refractivity contribution in [1.29, 1.82) is 0 Å². The molecule has 0 radical (unpaired) electrons. The third-order valence-electron chi connectivity index (χ3n) is 4.22. The summed E-state index contributed by atoms with van der Waals surface area (Å²) in [5.41, 5.74) is 0.649. The van der Waals surface area contributed by atoms with Crippen LogP contribution in [-0.2, 0) is 14.8 Å². The van der Waals surface area contributed by atoms with E-state index in [2.05, 4.69) is 21.2 Å². The molecule has 2 aromatic carbocycles. The van der Waals surface area contributed by atoms with Gasteiger partial charge in [0.1, 0.15) is 6.04 Å². The first-order valence-electron chi connectivity index (χ1n) is 8.12. The van der Waals surface area contributed by atoms with Gasteiger partial charge in [0.2, 0.25) is 15.9 Å². The first kappa shape index (κ1) is 18.1. The fraction of sp³-hybridized carbons (Fsp3) is 0.278. The number of carbonyl (C=O) groups is 1. The van der Waals surface area contributed by atoms with Crippen LogP contribution >= 0.6 is 15.9 Å². The zero-order chi connectivity index (χ0) is 17.9. The zero-order valence-corrected chi connectivity index (χ0v) is 16.0. The van der Waals surface area contributed by atoms with E-state index < -0.39 is 16.1 Å². The van der Waals surface area contributed by atoms with E-state index in [-0.39, 0.29) is 10.8 Å². The monoisotopic (exact) mass is 422 g/mol. The molecular weight excluding hydrogens is 404 g/mol. The number of rotatable bonds is 4. The Labute approximate surface area is 156 Å². The third kappa shape index (κ3) is 4.11. The fourth-order valence-corrected chi connectivity index (χ4v) is 4.88. The molecule has 1 heterocycles. The highest BCUT2D eigenvalue weighted by atomic mass is 79.9. The lowest BCUT2D eigenvalue weighted by atomic mass is 10.0.